The number of ether oxygens (including phenoxy) is 1. The van der Waals surface area contributed by atoms with Gasteiger partial charge in [0.25, 0.3) is 0 Å². The summed E-state index contributed by atoms with van der Waals surface area (Å²) in [5, 5.41) is 4.38. The second kappa shape index (κ2) is 12.6. The molecule has 59 heavy (non-hydrogen) atoms. The van der Waals surface area contributed by atoms with Crippen molar-refractivity contribution < 1.29 is 29.9 Å². The van der Waals surface area contributed by atoms with Crippen molar-refractivity contribution in [2.24, 2.45) is 0 Å². The van der Waals surface area contributed by atoms with Crippen molar-refractivity contribution >= 4 is 49.1 Å². The number of imidazole rings is 1. The summed E-state index contributed by atoms with van der Waals surface area (Å²) in [6.45, 7) is 16.0. The summed E-state index contributed by atoms with van der Waals surface area (Å²) < 4.78 is 37.6. The van der Waals surface area contributed by atoms with E-state index in [-0.39, 0.29) is 42.7 Å². The SMILES string of the molecule is [2H]C([2H])([2H])c1ccc2c3c1c1ccc(Oc4[c-]c5c(cc4)c4ccccc4n5-c4cc(C(C)(C)C)ccn4)[c-]c1c1nc4c(n13)C(C)(CCC(C)(C)c1ccccc1-4)C2(C)C.[Pt+2]. The molecule has 0 N–H and O–H groups in total. The van der Waals surface area contributed by atoms with E-state index in [0.29, 0.717) is 17.1 Å². The largest absolute Gasteiger partial charge is 2.00 e. The van der Waals surface area contributed by atoms with Gasteiger partial charge in [-0.25, -0.2) is 4.98 Å². The van der Waals surface area contributed by atoms with Crippen LogP contribution >= 0.6 is 0 Å². The van der Waals surface area contributed by atoms with Crippen LogP contribution in [0.5, 0.6) is 11.5 Å². The monoisotopic (exact) mass is 954 g/mol. The topological polar surface area (TPSA) is 44.3 Å². The van der Waals surface area contributed by atoms with E-state index in [1.54, 1.807) is 0 Å². The van der Waals surface area contributed by atoms with Gasteiger partial charge in [-0.1, -0.05) is 138 Å². The Hall–Kier alpha value is -5.25. The van der Waals surface area contributed by atoms with Crippen LogP contribution in [0, 0.1) is 19.0 Å². The van der Waals surface area contributed by atoms with Crippen molar-refractivity contribution in [1.29, 1.82) is 0 Å². The van der Waals surface area contributed by atoms with Crippen molar-refractivity contribution in [3.05, 3.63) is 143 Å². The Kier molecular flexibility index (Phi) is 7.41. The molecule has 0 fully saturated rings. The molecular formula is C53H48N4OPt. The van der Waals surface area contributed by atoms with Gasteiger partial charge in [0.2, 0.25) is 0 Å². The summed E-state index contributed by atoms with van der Waals surface area (Å²) in [4.78, 5) is 10.5. The number of nitrogens with zero attached hydrogens (tertiary/aromatic N) is 4. The van der Waals surface area contributed by atoms with Gasteiger partial charge in [-0.2, -0.15) is 6.07 Å². The third kappa shape index (κ3) is 5.19. The van der Waals surface area contributed by atoms with Crippen LogP contribution in [0.3, 0.4) is 0 Å². The van der Waals surface area contributed by atoms with Gasteiger partial charge in [0.15, 0.2) is 0 Å². The van der Waals surface area contributed by atoms with Crippen LogP contribution in [0.15, 0.2) is 103 Å². The van der Waals surface area contributed by atoms with Crippen molar-refractivity contribution in [1.82, 2.24) is 18.9 Å². The third-order valence-corrected chi connectivity index (χ3v) is 14.0. The van der Waals surface area contributed by atoms with E-state index < -0.39 is 6.85 Å². The maximum Gasteiger partial charge on any atom is 2.00 e. The molecule has 1 unspecified atom stereocenters. The zero-order valence-electron chi connectivity index (χ0n) is 37.7. The Bertz CT molecular complexity index is 3350. The van der Waals surface area contributed by atoms with Crippen LogP contribution in [0.4, 0.5) is 0 Å². The first kappa shape index (κ1) is 34.6. The number of hydrogen-bond donors (Lipinski definition) is 0. The molecule has 5 aromatic carbocycles. The molecule has 0 saturated heterocycles. The fraction of sp³-hybridized carbons (Fsp3) is 0.283. The molecular weight excluding hydrogens is 904 g/mol. The summed E-state index contributed by atoms with van der Waals surface area (Å²) in [5.74, 6) is 1.84. The zero-order valence-corrected chi connectivity index (χ0v) is 37.0. The van der Waals surface area contributed by atoms with E-state index in [9.17, 15) is 0 Å². The predicted molar refractivity (Wildman–Crippen MR) is 238 cm³/mol. The molecule has 1 aliphatic heterocycles. The number of fused-ring (bicyclic) bond motifs is 8. The Balaban J connectivity index is 0.00000458. The van der Waals surface area contributed by atoms with Gasteiger partial charge in [-0.05, 0) is 76.2 Å². The molecule has 11 rings (SSSR count). The van der Waals surface area contributed by atoms with Crippen molar-refractivity contribution in [3.8, 4) is 28.6 Å². The van der Waals surface area contributed by atoms with Crippen molar-refractivity contribution in [2.75, 3.05) is 0 Å². The molecule has 1 aliphatic carbocycles. The molecule has 0 saturated carbocycles. The number of aryl methyl sites for hydroxylation is 1. The second-order valence-corrected chi connectivity index (χ2v) is 19.0. The van der Waals surface area contributed by atoms with Gasteiger partial charge in [0.1, 0.15) is 5.82 Å². The van der Waals surface area contributed by atoms with E-state index in [0.717, 1.165) is 90.3 Å². The number of rotatable bonds is 3. The summed E-state index contributed by atoms with van der Waals surface area (Å²) >= 11 is 0. The smallest absolute Gasteiger partial charge is 0.503 e. The van der Waals surface area contributed by atoms with E-state index in [1.165, 1.54) is 11.1 Å². The van der Waals surface area contributed by atoms with Gasteiger partial charge < -0.3 is 13.7 Å². The number of aromatic nitrogens is 4. The third-order valence-electron chi connectivity index (χ3n) is 14.0. The van der Waals surface area contributed by atoms with Crippen LogP contribution in [0.25, 0.3) is 66.2 Å². The fourth-order valence-electron chi connectivity index (χ4n) is 10.3. The number of para-hydroxylation sites is 1. The van der Waals surface area contributed by atoms with E-state index in [1.807, 2.05) is 30.5 Å². The molecule has 0 amide bonds. The molecule has 296 valence electrons. The van der Waals surface area contributed by atoms with E-state index in [4.69, 9.17) is 18.8 Å². The molecule has 0 bridgehead atoms. The first-order valence-corrected chi connectivity index (χ1v) is 20.5. The standard InChI is InChI=1S/C53H48N4O.Pt/c1-31-18-23-41-47-45(31)37-22-20-33(58-34-19-21-36-35-14-11-13-17-42(35)56(43(36)30-34)44-28-32(24-27-54-44)50(2,3)4)29-39(37)49-55-46-38-15-10-12-16-40(38)51(5,6)25-26-53(9,52(41,7)8)48(46)57(47)49;/h10-24,27-28H,25-26H2,1-9H3;/q-2;+2/i1D3;. The van der Waals surface area contributed by atoms with Gasteiger partial charge in [0.05, 0.1) is 11.3 Å². The maximum atomic E-state index is 8.80. The van der Waals surface area contributed by atoms with Crippen molar-refractivity contribution in [3.63, 3.8) is 0 Å². The summed E-state index contributed by atoms with van der Waals surface area (Å²) in [7, 11) is 0. The molecule has 0 spiro atoms. The zero-order chi connectivity index (χ0) is 42.6. The minimum Gasteiger partial charge on any atom is -0.503 e. The number of hydrogen-bond acceptors (Lipinski definition) is 3. The Morgan fingerprint density at radius 2 is 1.53 bits per heavy atom. The fourth-order valence-corrected chi connectivity index (χ4v) is 10.3. The quantitative estimate of drug-likeness (QED) is 0.131. The van der Waals surface area contributed by atoms with Gasteiger partial charge >= 0.3 is 21.1 Å². The van der Waals surface area contributed by atoms with E-state index in [2.05, 4.69) is 149 Å². The van der Waals surface area contributed by atoms with Gasteiger partial charge in [-0.3, -0.25) is 4.98 Å². The molecule has 0 radical (unpaired) electrons. The van der Waals surface area contributed by atoms with Crippen LogP contribution in [-0.4, -0.2) is 18.9 Å². The molecule has 4 aromatic heterocycles. The average Bonchev–Trinajstić information content (AvgIpc) is 3.78. The molecule has 6 heteroatoms. The maximum absolute atomic E-state index is 8.80. The van der Waals surface area contributed by atoms with Crippen LogP contribution in [-0.2, 0) is 42.7 Å². The summed E-state index contributed by atoms with van der Waals surface area (Å²) in [6, 6.07) is 40.4. The predicted octanol–water partition coefficient (Wildman–Crippen LogP) is 13.4. The average molecular weight is 955 g/mol. The normalized spacial score (nSPS) is 18.9. The number of benzene rings is 5. The Morgan fingerprint density at radius 3 is 2.32 bits per heavy atom. The summed E-state index contributed by atoms with van der Waals surface area (Å²) in [6.07, 6.45) is 3.79. The molecule has 9 aromatic rings. The molecule has 5 nitrogen and oxygen atoms in total. The number of pyridine rings is 2. The van der Waals surface area contributed by atoms with Gasteiger partial charge in [-0.15, -0.1) is 29.7 Å². The van der Waals surface area contributed by atoms with Crippen LogP contribution < -0.4 is 4.74 Å². The first-order chi connectivity index (χ1) is 28.9. The van der Waals surface area contributed by atoms with Crippen LogP contribution in [0.2, 0.25) is 0 Å². The molecule has 1 atom stereocenters. The summed E-state index contributed by atoms with van der Waals surface area (Å²) in [5.41, 5.74) is 9.88. The van der Waals surface area contributed by atoms with Crippen molar-refractivity contribution in [2.45, 2.75) is 96.7 Å². The van der Waals surface area contributed by atoms with Crippen LogP contribution in [0.1, 0.15) is 100 Å². The Morgan fingerprint density at radius 1 is 0.780 bits per heavy atom. The second-order valence-electron chi connectivity index (χ2n) is 19.0. The van der Waals surface area contributed by atoms with Gasteiger partial charge in [0, 0.05) is 54.9 Å². The molecule has 5 heterocycles. The Labute approximate surface area is 364 Å². The minimum absolute atomic E-state index is 0. The molecule has 2 aliphatic rings. The minimum atomic E-state index is -2.35. The van der Waals surface area contributed by atoms with E-state index >= 15 is 0 Å². The first-order valence-electron chi connectivity index (χ1n) is 22.0.